The molecule has 7 nitrogen and oxygen atoms in total. The van der Waals surface area contributed by atoms with Crippen LogP contribution in [0.25, 0.3) is 0 Å². The number of carbonyl (C=O) groups is 2. The number of benzene rings is 1. The zero-order chi connectivity index (χ0) is 16.5. The van der Waals surface area contributed by atoms with Gasteiger partial charge >= 0.3 is 12.1 Å². The van der Waals surface area contributed by atoms with Crippen LogP contribution in [0.3, 0.4) is 0 Å². The monoisotopic (exact) mass is 311 g/mol. The third-order valence-corrected chi connectivity index (χ3v) is 2.85. The molecule has 0 aliphatic rings. The van der Waals surface area contributed by atoms with Gasteiger partial charge in [-0.25, -0.2) is 9.59 Å². The second-order valence-electron chi connectivity index (χ2n) is 4.63. The van der Waals surface area contributed by atoms with Crippen LogP contribution in [0, 0.1) is 0 Å². The maximum absolute atomic E-state index is 11.7. The summed E-state index contributed by atoms with van der Waals surface area (Å²) in [6.07, 6.45) is 1.01. The zero-order valence-electron chi connectivity index (χ0n) is 12.7. The minimum absolute atomic E-state index is 0.232. The Labute approximate surface area is 128 Å². The lowest BCUT2D eigenvalue weighted by atomic mass is 10.2. The Morgan fingerprint density at radius 1 is 1.32 bits per heavy atom. The van der Waals surface area contributed by atoms with E-state index < -0.39 is 24.1 Å². The Hall–Kier alpha value is -2.28. The second-order valence-corrected chi connectivity index (χ2v) is 4.63. The normalized spacial score (nSPS) is 11.7. The van der Waals surface area contributed by atoms with E-state index in [2.05, 4.69) is 5.32 Å². The van der Waals surface area contributed by atoms with E-state index in [1.165, 1.54) is 12.1 Å². The first-order valence-corrected chi connectivity index (χ1v) is 7.13. The van der Waals surface area contributed by atoms with E-state index in [1.807, 2.05) is 13.8 Å². The quantitative estimate of drug-likeness (QED) is 0.503. The number of ether oxygens (including phenoxy) is 2. The third-order valence-electron chi connectivity index (χ3n) is 2.85. The third kappa shape index (κ3) is 5.61. The van der Waals surface area contributed by atoms with Crippen molar-refractivity contribution in [3.63, 3.8) is 0 Å². The van der Waals surface area contributed by atoms with Crippen LogP contribution in [-0.2, 0) is 9.47 Å². The van der Waals surface area contributed by atoms with Crippen molar-refractivity contribution in [1.82, 2.24) is 0 Å². The smallest absolute Gasteiger partial charge is 0.413 e. The van der Waals surface area contributed by atoms with Gasteiger partial charge in [0.05, 0.1) is 6.61 Å². The molecule has 1 aromatic rings. The Balaban J connectivity index is 2.57. The summed E-state index contributed by atoms with van der Waals surface area (Å²) >= 11 is 0. The molecule has 0 fully saturated rings. The van der Waals surface area contributed by atoms with Crippen molar-refractivity contribution in [1.29, 1.82) is 0 Å². The van der Waals surface area contributed by atoms with Crippen LogP contribution < -0.4 is 5.32 Å². The molecule has 0 aromatic heterocycles. The molecular formula is C15H21NO6. The van der Waals surface area contributed by atoms with Crippen molar-refractivity contribution in [2.24, 2.45) is 0 Å². The number of hydrogen-bond acceptors (Lipinski definition) is 5. The molecule has 0 spiro atoms. The summed E-state index contributed by atoms with van der Waals surface area (Å²) in [6.45, 7) is 4.37. The highest BCUT2D eigenvalue weighted by Gasteiger charge is 2.14. The summed E-state index contributed by atoms with van der Waals surface area (Å²) in [5.41, 5.74) is -0.0100. The van der Waals surface area contributed by atoms with Crippen molar-refractivity contribution in [2.45, 2.75) is 39.4 Å². The fourth-order valence-corrected chi connectivity index (χ4v) is 1.65. The number of anilines is 1. The van der Waals surface area contributed by atoms with E-state index in [0.29, 0.717) is 13.0 Å². The van der Waals surface area contributed by atoms with Gasteiger partial charge in [0.15, 0.2) is 0 Å². The highest BCUT2D eigenvalue weighted by atomic mass is 16.7. The van der Waals surface area contributed by atoms with Gasteiger partial charge < -0.3 is 19.7 Å². The summed E-state index contributed by atoms with van der Waals surface area (Å²) in [4.78, 5) is 22.5. The predicted octanol–water partition coefficient (Wildman–Crippen LogP) is 3.19. The number of hydrogen-bond donors (Lipinski definition) is 3. The Morgan fingerprint density at radius 2 is 2.05 bits per heavy atom. The first-order chi connectivity index (χ1) is 10.5. The molecule has 1 aromatic carbocycles. The lowest BCUT2D eigenvalue weighted by Gasteiger charge is -2.17. The second kappa shape index (κ2) is 8.89. The number of carbonyl (C=O) groups excluding carboxylic acids is 1. The maximum atomic E-state index is 11.7. The van der Waals surface area contributed by atoms with E-state index in [0.717, 1.165) is 18.9 Å². The molecule has 1 unspecified atom stereocenters. The molecule has 0 aliphatic heterocycles. The number of rotatable bonds is 8. The highest BCUT2D eigenvalue weighted by Crippen LogP contribution is 2.22. The lowest BCUT2D eigenvalue weighted by molar-refractivity contribution is -0.102. The van der Waals surface area contributed by atoms with Gasteiger partial charge in [-0.15, -0.1) is 0 Å². The van der Waals surface area contributed by atoms with E-state index in [9.17, 15) is 14.7 Å². The molecule has 1 rings (SSSR count). The number of amides is 1. The summed E-state index contributed by atoms with van der Waals surface area (Å²) in [5, 5.41) is 20.8. The van der Waals surface area contributed by atoms with Crippen LogP contribution in [0.4, 0.5) is 10.5 Å². The maximum Gasteiger partial charge on any atom is 0.413 e. The minimum atomic E-state index is -1.25. The van der Waals surface area contributed by atoms with Gasteiger partial charge in [0.25, 0.3) is 0 Å². The number of carboxylic acid groups (broad SMARTS) is 1. The van der Waals surface area contributed by atoms with Gasteiger partial charge in [-0.2, -0.15) is 0 Å². The standard InChI is InChI=1S/C15H21NO6/c1-3-5-8-21-13(4-2)22-15(20)16-10-6-7-11(14(18)19)12(17)9-10/h6-7,9,13,17H,3-5,8H2,1-2H3,(H,16,20)(H,18,19). The Morgan fingerprint density at radius 3 is 2.59 bits per heavy atom. The molecule has 7 heteroatoms. The largest absolute Gasteiger partial charge is 0.507 e. The molecule has 122 valence electrons. The van der Waals surface area contributed by atoms with Crippen molar-refractivity contribution >= 4 is 17.7 Å². The van der Waals surface area contributed by atoms with Crippen LogP contribution in [0.15, 0.2) is 18.2 Å². The molecule has 0 heterocycles. The molecule has 0 radical (unpaired) electrons. The van der Waals surface area contributed by atoms with Gasteiger partial charge in [-0.1, -0.05) is 20.3 Å². The van der Waals surface area contributed by atoms with Crippen molar-refractivity contribution in [2.75, 3.05) is 11.9 Å². The van der Waals surface area contributed by atoms with Crippen molar-refractivity contribution in [3.8, 4) is 5.75 Å². The summed E-state index contributed by atoms with van der Waals surface area (Å²) in [6, 6.07) is 3.70. The fourth-order valence-electron chi connectivity index (χ4n) is 1.65. The van der Waals surface area contributed by atoms with E-state index in [4.69, 9.17) is 14.6 Å². The average Bonchev–Trinajstić information content (AvgIpc) is 2.46. The Kier molecular flexibility index (Phi) is 7.18. The van der Waals surface area contributed by atoms with Crippen LogP contribution in [0.5, 0.6) is 5.75 Å². The van der Waals surface area contributed by atoms with Crippen molar-refractivity contribution in [3.05, 3.63) is 23.8 Å². The van der Waals surface area contributed by atoms with Crippen LogP contribution >= 0.6 is 0 Å². The van der Waals surface area contributed by atoms with Gasteiger partial charge in [0, 0.05) is 18.2 Å². The van der Waals surface area contributed by atoms with Gasteiger partial charge in [-0.05, 0) is 18.6 Å². The Bertz CT molecular complexity index is 517. The summed E-state index contributed by atoms with van der Waals surface area (Å²) in [7, 11) is 0. The topological polar surface area (TPSA) is 105 Å². The zero-order valence-corrected chi connectivity index (χ0v) is 12.7. The number of aromatic hydroxyl groups is 1. The molecule has 0 saturated heterocycles. The number of carboxylic acids is 1. The van der Waals surface area contributed by atoms with Crippen LogP contribution in [-0.4, -0.2) is 35.2 Å². The summed E-state index contributed by atoms with van der Waals surface area (Å²) < 4.78 is 10.5. The molecule has 0 aliphatic carbocycles. The van der Waals surface area contributed by atoms with Gasteiger partial charge in [0.2, 0.25) is 6.29 Å². The predicted molar refractivity (Wildman–Crippen MR) is 80.1 cm³/mol. The number of unbranched alkanes of at least 4 members (excludes halogenated alkanes) is 1. The van der Waals surface area contributed by atoms with E-state index in [1.54, 1.807) is 0 Å². The molecular weight excluding hydrogens is 290 g/mol. The molecule has 1 amide bonds. The van der Waals surface area contributed by atoms with Crippen LogP contribution in [0.1, 0.15) is 43.5 Å². The van der Waals surface area contributed by atoms with Gasteiger partial charge in [0.1, 0.15) is 11.3 Å². The fraction of sp³-hybridized carbons (Fsp3) is 0.467. The summed E-state index contributed by atoms with van der Waals surface area (Å²) in [5.74, 6) is -1.68. The van der Waals surface area contributed by atoms with E-state index in [-0.39, 0.29) is 11.3 Å². The molecule has 3 N–H and O–H groups in total. The number of phenols is 1. The lowest BCUT2D eigenvalue weighted by Crippen LogP contribution is -2.24. The molecule has 1 atom stereocenters. The average molecular weight is 311 g/mol. The number of aromatic carboxylic acids is 1. The first kappa shape index (κ1) is 17.8. The minimum Gasteiger partial charge on any atom is -0.507 e. The van der Waals surface area contributed by atoms with Gasteiger partial charge in [-0.3, -0.25) is 5.32 Å². The van der Waals surface area contributed by atoms with Crippen LogP contribution in [0.2, 0.25) is 0 Å². The SMILES string of the molecule is CCCCOC(CC)OC(=O)Nc1ccc(C(=O)O)c(O)c1. The highest BCUT2D eigenvalue weighted by molar-refractivity contribution is 5.92. The molecule has 0 saturated carbocycles. The number of nitrogens with one attached hydrogen (secondary N) is 1. The van der Waals surface area contributed by atoms with Crippen molar-refractivity contribution < 1.29 is 29.3 Å². The molecule has 22 heavy (non-hydrogen) atoms. The first-order valence-electron chi connectivity index (χ1n) is 7.13. The molecule has 0 bridgehead atoms. The van der Waals surface area contributed by atoms with E-state index >= 15 is 0 Å².